The second-order valence-corrected chi connectivity index (χ2v) is 4.24. The summed E-state index contributed by atoms with van der Waals surface area (Å²) in [6, 6.07) is 0. The van der Waals surface area contributed by atoms with Crippen LogP contribution in [0.4, 0.5) is 8.78 Å². The van der Waals surface area contributed by atoms with Crippen LogP contribution in [0.1, 0.15) is 22.5 Å². The molecule has 0 atom stereocenters. The van der Waals surface area contributed by atoms with Crippen LogP contribution in [0, 0.1) is 3.57 Å². The Kier molecular flexibility index (Phi) is 3.76. The van der Waals surface area contributed by atoms with E-state index in [1.165, 1.54) is 0 Å². The predicted octanol–water partition coefficient (Wildman–Crippen LogP) is 3.08. The number of pyridine rings is 1. The van der Waals surface area contributed by atoms with Crippen LogP contribution in [0.2, 0.25) is 0 Å². The summed E-state index contributed by atoms with van der Waals surface area (Å²) in [5.41, 5.74) is -0.737. The summed E-state index contributed by atoms with van der Waals surface area (Å²) in [5.74, 6) is -1.26. The average molecular weight is 378 g/mol. The molecule has 1 rings (SSSR count). The Bertz CT molecular complexity index is 386. The monoisotopic (exact) mass is 377 g/mol. The highest BCUT2D eigenvalue weighted by atomic mass is 127. The van der Waals surface area contributed by atoms with E-state index in [0.717, 1.165) is 6.20 Å². The van der Waals surface area contributed by atoms with Gasteiger partial charge in [-0.1, -0.05) is 0 Å². The lowest BCUT2D eigenvalue weighted by Gasteiger charge is -2.06. The Balaban J connectivity index is 3.41. The van der Waals surface area contributed by atoms with Gasteiger partial charge in [0.1, 0.15) is 5.69 Å². The standard InChI is InChI=1S/C7H3BrF2INO2/c8-4-3(7(13)14)2(11)1-12-5(4)6(9)10/h1,6H,(H,13,14). The van der Waals surface area contributed by atoms with E-state index in [2.05, 4.69) is 20.9 Å². The largest absolute Gasteiger partial charge is 0.478 e. The molecule has 0 bridgehead atoms. The van der Waals surface area contributed by atoms with Gasteiger partial charge in [0.05, 0.1) is 10.0 Å². The number of alkyl halides is 2. The number of aromatic nitrogens is 1. The molecule has 1 aromatic rings. The fourth-order valence-electron chi connectivity index (χ4n) is 0.829. The molecule has 3 nitrogen and oxygen atoms in total. The molecule has 1 heterocycles. The van der Waals surface area contributed by atoms with E-state index in [-0.39, 0.29) is 10.0 Å². The van der Waals surface area contributed by atoms with Crippen molar-refractivity contribution in [2.45, 2.75) is 6.43 Å². The highest BCUT2D eigenvalue weighted by Crippen LogP contribution is 2.30. The van der Waals surface area contributed by atoms with Gasteiger partial charge in [-0.15, -0.1) is 0 Å². The van der Waals surface area contributed by atoms with E-state index in [9.17, 15) is 13.6 Å². The van der Waals surface area contributed by atoms with Crippen LogP contribution >= 0.6 is 38.5 Å². The summed E-state index contributed by atoms with van der Waals surface area (Å²) in [6.07, 6.45) is -1.68. The molecular weight excluding hydrogens is 375 g/mol. The molecule has 0 radical (unpaired) electrons. The number of hydrogen-bond donors (Lipinski definition) is 1. The zero-order valence-electron chi connectivity index (χ0n) is 6.47. The molecule has 0 spiro atoms. The molecule has 14 heavy (non-hydrogen) atoms. The first-order valence-corrected chi connectivity index (χ1v) is 5.17. The average Bonchev–Trinajstić information content (AvgIpc) is 2.02. The van der Waals surface area contributed by atoms with Crippen LogP contribution in [0.5, 0.6) is 0 Å². The number of carboxylic acids is 1. The van der Waals surface area contributed by atoms with Gasteiger partial charge in [0.15, 0.2) is 0 Å². The predicted molar refractivity (Wildman–Crippen MR) is 56.6 cm³/mol. The SMILES string of the molecule is O=C(O)c1c(I)cnc(C(F)F)c1Br. The zero-order chi connectivity index (χ0) is 10.9. The highest BCUT2D eigenvalue weighted by molar-refractivity contribution is 14.1. The van der Waals surface area contributed by atoms with Crippen molar-refractivity contribution in [2.24, 2.45) is 0 Å². The van der Waals surface area contributed by atoms with E-state index < -0.39 is 18.1 Å². The van der Waals surface area contributed by atoms with Gasteiger partial charge in [-0.25, -0.2) is 13.6 Å². The quantitative estimate of drug-likeness (QED) is 0.806. The lowest BCUT2D eigenvalue weighted by Crippen LogP contribution is -2.05. The molecule has 0 amide bonds. The molecule has 0 aliphatic rings. The van der Waals surface area contributed by atoms with Crippen molar-refractivity contribution in [3.8, 4) is 0 Å². The number of hydrogen-bond acceptors (Lipinski definition) is 2. The van der Waals surface area contributed by atoms with Gasteiger partial charge >= 0.3 is 5.97 Å². The second-order valence-electron chi connectivity index (χ2n) is 2.29. The Morgan fingerprint density at radius 1 is 1.64 bits per heavy atom. The lowest BCUT2D eigenvalue weighted by molar-refractivity contribution is 0.0693. The van der Waals surface area contributed by atoms with Crippen LogP contribution in [0.25, 0.3) is 0 Å². The molecule has 1 aromatic heterocycles. The second kappa shape index (κ2) is 4.47. The molecule has 1 N–H and O–H groups in total. The van der Waals surface area contributed by atoms with Crippen LogP contribution in [0.15, 0.2) is 10.7 Å². The summed E-state index contributed by atoms with van der Waals surface area (Å²) in [7, 11) is 0. The first kappa shape index (κ1) is 11.8. The Morgan fingerprint density at radius 2 is 2.21 bits per heavy atom. The summed E-state index contributed by atoms with van der Waals surface area (Å²) in [6.45, 7) is 0. The fourth-order valence-corrected chi connectivity index (χ4v) is 2.50. The van der Waals surface area contributed by atoms with Crippen LogP contribution in [-0.4, -0.2) is 16.1 Å². The van der Waals surface area contributed by atoms with Gasteiger partial charge in [-0.05, 0) is 38.5 Å². The molecule has 0 fully saturated rings. The number of carboxylic acid groups (broad SMARTS) is 1. The third-order valence-corrected chi connectivity index (χ3v) is 3.04. The van der Waals surface area contributed by atoms with Crippen molar-refractivity contribution < 1.29 is 18.7 Å². The Hall–Kier alpha value is -0.310. The summed E-state index contributed by atoms with van der Waals surface area (Å²) in [4.78, 5) is 14.2. The van der Waals surface area contributed by atoms with Crippen molar-refractivity contribution in [2.75, 3.05) is 0 Å². The first-order chi connectivity index (χ1) is 6.45. The third-order valence-electron chi connectivity index (χ3n) is 1.42. The molecule has 0 aliphatic carbocycles. The van der Waals surface area contributed by atoms with Gasteiger partial charge < -0.3 is 5.11 Å². The van der Waals surface area contributed by atoms with Crippen molar-refractivity contribution in [3.63, 3.8) is 0 Å². The Labute approximate surface area is 99.8 Å². The minimum absolute atomic E-state index is 0.160. The van der Waals surface area contributed by atoms with Gasteiger partial charge in [0.2, 0.25) is 0 Å². The van der Waals surface area contributed by atoms with E-state index in [4.69, 9.17) is 5.11 Å². The number of nitrogens with zero attached hydrogens (tertiary/aromatic N) is 1. The summed E-state index contributed by atoms with van der Waals surface area (Å²) in [5, 5.41) is 8.75. The van der Waals surface area contributed by atoms with Crippen LogP contribution < -0.4 is 0 Å². The van der Waals surface area contributed by atoms with Crippen LogP contribution in [-0.2, 0) is 0 Å². The van der Waals surface area contributed by atoms with E-state index in [1.807, 2.05) is 0 Å². The molecule has 76 valence electrons. The number of rotatable bonds is 2. The third kappa shape index (κ3) is 2.19. The molecular formula is C7H3BrF2INO2. The molecule has 7 heteroatoms. The van der Waals surface area contributed by atoms with Gasteiger partial charge in [-0.3, -0.25) is 4.98 Å². The maximum Gasteiger partial charge on any atom is 0.338 e. The van der Waals surface area contributed by atoms with E-state index in [1.54, 1.807) is 22.6 Å². The topological polar surface area (TPSA) is 50.2 Å². The normalized spacial score (nSPS) is 10.6. The molecule has 0 saturated heterocycles. The first-order valence-electron chi connectivity index (χ1n) is 3.30. The number of halogens is 4. The van der Waals surface area contributed by atoms with E-state index in [0.29, 0.717) is 3.57 Å². The van der Waals surface area contributed by atoms with Crippen molar-refractivity contribution in [3.05, 3.63) is 25.5 Å². The maximum atomic E-state index is 12.3. The number of carbonyl (C=O) groups is 1. The fraction of sp³-hybridized carbons (Fsp3) is 0.143. The van der Waals surface area contributed by atoms with Gasteiger partial charge in [-0.2, -0.15) is 0 Å². The van der Waals surface area contributed by atoms with Crippen LogP contribution in [0.3, 0.4) is 0 Å². The molecule has 0 aliphatic heterocycles. The molecule has 0 saturated carbocycles. The van der Waals surface area contributed by atoms with Gasteiger partial charge in [0.25, 0.3) is 6.43 Å². The maximum absolute atomic E-state index is 12.3. The molecule has 0 unspecified atom stereocenters. The number of aromatic carboxylic acids is 1. The smallest absolute Gasteiger partial charge is 0.338 e. The minimum atomic E-state index is -2.79. The molecule has 0 aromatic carbocycles. The van der Waals surface area contributed by atoms with Crippen molar-refractivity contribution >= 4 is 44.5 Å². The lowest BCUT2D eigenvalue weighted by atomic mass is 10.2. The Morgan fingerprint density at radius 3 is 2.64 bits per heavy atom. The zero-order valence-corrected chi connectivity index (χ0v) is 10.2. The van der Waals surface area contributed by atoms with Crippen molar-refractivity contribution in [1.29, 1.82) is 0 Å². The van der Waals surface area contributed by atoms with Gasteiger partial charge in [0, 0.05) is 9.77 Å². The van der Waals surface area contributed by atoms with E-state index >= 15 is 0 Å². The minimum Gasteiger partial charge on any atom is -0.478 e. The highest BCUT2D eigenvalue weighted by Gasteiger charge is 2.21. The summed E-state index contributed by atoms with van der Waals surface area (Å²) >= 11 is 4.53. The van der Waals surface area contributed by atoms with Crippen molar-refractivity contribution in [1.82, 2.24) is 4.98 Å². The summed E-state index contributed by atoms with van der Waals surface area (Å²) < 4.78 is 24.8.